The summed E-state index contributed by atoms with van der Waals surface area (Å²) in [5.41, 5.74) is -0.806. The van der Waals surface area contributed by atoms with Gasteiger partial charge in [0.2, 0.25) is 5.95 Å². The number of nitrogens with zero attached hydrogens (tertiary/aromatic N) is 5. The Morgan fingerprint density at radius 2 is 1.89 bits per heavy atom. The maximum atomic E-state index is 12.8. The van der Waals surface area contributed by atoms with Gasteiger partial charge in [0.05, 0.1) is 11.5 Å². The Morgan fingerprint density at radius 1 is 1.20 bits per heavy atom. The fourth-order valence-corrected chi connectivity index (χ4v) is 4.15. The van der Waals surface area contributed by atoms with Crippen LogP contribution in [0.1, 0.15) is 26.2 Å². The third-order valence-electron chi connectivity index (χ3n) is 5.83. The first kappa shape index (κ1) is 24.0. The summed E-state index contributed by atoms with van der Waals surface area (Å²) in [6.07, 6.45) is 2.22. The van der Waals surface area contributed by atoms with E-state index in [0.717, 1.165) is 32.4 Å². The van der Waals surface area contributed by atoms with Gasteiger partial charge in [0.15, 0.2) is 17.3 Å². The van der Waals surface area contributed by atoms with Gasteiger partial charge in [0.1, 0.15) is 12.4 Å². The SMILES string of the molecule is CC(=O)O[C@H](COc1ccc([N+](=O)[O-])cc1)Cn1c(N2CCCCC2)nc2c1c(=O)[nH]c(=O)n2C. The van der Waals surface area contributed by atoms with E-state index in [1.54, 1.807) is 4.57 Å². The fourth-order valence-electron chi connectivity index (χ4n) is 4.15. The highest BCUT2D eigenvalue weighted by atomic mass is 16.6. The minimum absolute atomic E-state index is 0.0518. The van der Waals surface area contributed by atoms with E-state index in [4.69, 9.17) is 9.47 Å². The van der Waals surface area contributed by atoms with Crippen molar-refractivity contribution in [2.45, 2.75) is 38.8 Å². The van der Waals surface area contributed by atoms with Crippen molar-refractivity contribution in [1.82, 2.24) is 19.1 Å². The Hall–Kier alpha value is -4.16. The number of carbonyl (C=O) groups is 1. The summed E-state index contributed by atoms with van der Waals surface area (Å²) in [4.78, 5) is 56.1. The van der Waals surface area contributed by atoms with Crippen molar-refractivity contribution in [3.63, 3.8) is 0 Å². The van der Waals surface area contributed by atoms with E-state index < -0.39 is 28.2 Å². The second kappa shape index (κ2) is 9.99. The number of hydrogen-bond donors (Lipinski definition) is 1. The molecule has 0 spiro atoms. The summed E-state index contributed by atoms with van der Waals surface area (Å²) in [7, 11) is 1.53. The molecule has 0 aliphatic carbocycles. The second-order valence-corrected chi connectivity index (χ2v) is 8.35. The number of imidazole rings is 1. The van der Waals surface area contributed by atoms with Gasteiger partial charge in [0.25, 0.3) is 11.2 Å². The molecule has 1 aliphatic heterocycles. The lowest BCUT2D eigenvalue weighted by Gasteiger charge is -2.29. The Balaban J connectivity index is 1.68. The summed E-state index contributed by atoms with van der Waals surface area (Å²) in [6, 6.07) is 5.53. The van der Waals surface area contributed by atoms with Crippen LogP contribution in [0.5, 0.6) is 5.75 Å². The van der Waals surface area contributed by atoms with Crippen molar-refractivity contribution in [2.24, 2.45) is 7.05 Å². The molecule has 0 radical (unpaired) electrons. The number of carbonyl (C=O) groups excluding carboxylic acids is 1. The van der Waals surface area contributed by atoms with Crippen molar-refractivity contribution in [3.8, 4) is 5.75 Å². The second-order valence-electron chi connectivity index (χ2n) is 8.35. The van der Waals surface area contributed by atoms with E-state index >= 15 is 0 Å². The number of nitrogens with one attached hydrogen (secondary N) is 1. The first-order valence-electron chi connectivity index (χ1n) is 11.2. The zero-order valence-electron chi connectivity index (χ0n) is 19.4. The number of nitro groups is 1. The van der Waals surface area contributed by atoms with Crippen molar-refractivity contribution >= 4 is 28.8 Å². The molecule has 35 heavy (non-hydrogen) atoms. The van der Waals surface area contributed by atoms with Gasteiger partial charge < -0.3 is 18.9 Å². The van der Waals surface area contributed by atoms with Crippen molar-refractivity contribution < 1.29 is 19.2 Å². The fraction of sp³-hybridized carbons (Fsp3) is 0.455. The maximum Gasteiger partial charge on any atom is 0.329 e. The first-order chi connectivity index (χ1) is 16.7. The number of ether oxygens (including phenoxy) is 2. The molecule has 186 valence electrons. The minimum Gasteiger partial charge on any atom is -0.490 e. The Morgan fingerprint density at radius 3 is 2.51 bits per heavy atom. The molecular weight excluding hydrogens is 460 g/mol. The van der Waals surface area contributed by atoms with E-state index in [-0.39, 0.29) is 30.0 Å². The van der Waals surface area contributed by atoms with Crippen LogP contribution < -0.4 is 20.9 Å². The van der Waals surface area contributed by atoms with Crippen LogP contribution in [0.3, 0.4) is 0 Å². The number of rotatable bonds is 8. The maximum absolute atomic E-state index is 12.8. The molecule has 13 nitrogen and oxygen atoms in total. The third kappa shape index (κ3) is 5.18. The van der Waals surface area contributed by atoms with Crippen LogP contribution in [-0.2, 0) is 23.1 Å². The lowest BCUT2D eigenvalue weighted by molar-refractivity contribution is -0.384. The molecule has 1 N–H and O–H groups in total. The minimum atomic E-state index is -0.805. The number of nitro benzene ring substituents is 1. The number of hydrogen-bond acceptors (Lipinski definition) is 9. The van der Waals surface area contributed by atoms with Crippen LogP contribution in [0.4, 0.5) is 11.6 Å². The molecule has 1 saturated heterocycles. The van der Waals surface area contributed by atoms with Gasteiger partial charge in [-0.15, -0.1) is 0 Å². The van der Waals surface area contributed by atoms with Gasteiger partial charge in [-0.2, -0.15) is 4.98 Å². The van der Waals surface area contributed by atoms with E-state index in [0.29, 0.717) is 11.7 Å². The van der Waals surface area contributed by atoms with Crippen LogP contribution in [0.2, 0.25) is 0 Å². The highest BCUT2D eigenvalue weighted by Gasteiger charge is 2.26. The molecule has 3 aromatic rings. The number of benzene rings is 1. The summed E-state index contributed by atoms with van der Waals surface area (Å²) < 4.78 is 14.1. The molecule has 0 saturated carbocycles. The molecule has 13 heteroatoms. The highest BCUT2D eigenvalue weighted by molar-refractivity contribution is 5.74. The van der Waals surface area contributed by atoms with Crippen LogP contribution in [-0.4, -0.2) is 55.8 Å². The average molecular weight is 486 g/mol. The highest BCUT2D eigenvalue weighted by Crippen LogP contribution is 2.24. The summed E-state index contributed by atoms with van der Waals surface area (Å²) in [5.74, 6) is 0.339. The van der Waals surface area contributed by atoms with Crippen LogP contribution in [0.25, 0.3) is 11.2 Å². The topological polar surface area (TPSA) is 155 Å². The molecule has 1 aliphatic rings. The third-order valence-corrected chi connectivity index (χ3v) is 5.83. The summed E-state index contributed by atoms with van der Waals surface area (Å²) >= 11 is 0. The van der Waals surface area contributed by atoms with Crippen molar-refractivity contribution in [1.29, 1.82) is 0 Å². The smallest absolute Gasteiger partial charge is 0.329 e. The molecule has 2 aromatic heterocycles. The quantitative estimate of drug-likeness (QED) is 0.282. The van der Waals surface area contributed by atoms with Gasteiger partial charge in [-0.05, 0) is 31.4 Å². The number of anilines is 1. The number of aromatic amines is 1. The Bertz CT molecular complexity index is 1350. The number of esters is 1. The van der Waals surface area contributed by atoms with Crippen LogP contribution in [0.15, 0.2) is 33.9 Å². The molecule has 1 atom stereocenters. The molecule has 0 bridgehead atoms. The standard InChI is InChI=1S/C22H26N6O7/c1-14(29)35-17(13-34-16-8-6-15(7-9-16)28(32)33)12-27-18-19(25(2)22(31)24-20(18)30)23-21(27)26-10-4-3-5-11-26/h6-9,17H,3-5,10-13H2,1-2H3,(H,24,30,31)/t17-/m0/s1. The average Bonchev–Trinajstić information content (AvgIpc) is 3.21. The van der Waals surface area contributed by atoms with Gasteiger partial charge >= 0.3 is 11.7 Å². The normalized spacial score (nSPS) is 14.6. The predicted molar refractivity (Wildman–Crippen MR) is 126 cm³/mol. The summed E-state index contributed by atoms with van der Waals surface area (Å²) in [5, 5.41) is 10.9. The van der Waals surface area contributed by atoms with Crippen molar-refractivity contribution in [2.75, 3.05) is 24.6 Å². The Kier molecular flexibility index (Phi) is 6.85. The largest absolute Gasteiger partial charge is 0.490 e. The lowest BCUT2D eigenvalue weighted by atomic mass is 10.1. The summed E-state index contributed by atoms with van der Waals surface area (Å²) in [6.45, 7) is 2.74. The molecule has 1 aromatic carbocycles. The van der Waals surface area contributed by atoms with E-state index in [9.17, 15) is 24.5 Å². The van der Waals surface area contributed by atoms with E-state index in [1.165, 1.54) is 42.8 Å². The van der Waals surface area contributed by atoms with Gasteiger partial charge in [-0.25, -0.2) is 4.79 Å². The predicted octanol–water partition coefficient (Wildman–Crippen LogP) is 1.33. The molecule has 1 fully saturated rings. The van der Waals surface area contributed by atoms with Gasteiger partial charge in [0, 0.05) is 39.2 Å². The lowest BCUT2D eigenvalue weighted by Crippen LogP contribution is -2.35. The zero-order chi connectivity index (χ0) is 25.1. The molecule has 4 rings (SSSR count). The monoisotopic (exact) mass is 486 g/mol. The zero-order valence-corrected chi connectivity index (χ0v) is 19.4. The van der Waals surface area contributed by atoms with Crippen LogP contribution in [0, 0.1) is 10.1 Å². The number of aromatic nitrogens is 4. The van der Waals surface area contributed by atoms with Crippen molar-refractivity contribution in [3.05, 3.63) is 55.2 Å². The molecular formula is C22H26N6O7. The number of non-ortho nitro benzene ring substituents is 1. The van der Waals surface area contributed by atoms with E-state index in [2.05, 4.69) is 14.9 Å². The van der Waals surface area contributed by atoms with E-state index in [1.807, 2.05) is 0 Å². The molecule has 0 amide bonds. The number of fused-ring (bicyclic) bond motifs is 1. The van der Waals surface area contributed by atoms with Crippen LogP contribution >= 0.6 is 0 Å². The molecule has 0 unspecified atom stereocenters. The molecule has 3 heterocycles. The first-order valence-corrected chi connectivity index (χ1v) is 11.2. The van der Waals surface area contributed by atoms with Gasteiger partial charge in [-0.1, -0.05) is 0 Å². The Labute approximate surface area is 199 Å². The number of piperidine rings is 1. The number of aryl methyl sites for hydroxylation is 1. The number of H-pyrrole nitrogens is 1. The van der Waals surface area contributed by atoms with Gasteiger partial charge in [-0.3, -0.25) is 29.3 Å².